The van der Waals surface area contributed by atoms with Gasteiger partial charge in [-0.25, -0.2) is 0 Å². The number of nitrogens with zero attached hydrogens (tertiary/aromatic N) is 2. The van der Waals surface area contributed by atoms with Gasteiger partial charge in [-0.3, -0.25) is 9.80 Å². The van der Waals surface area contributed by atoms with E-state index in [1.54, 1.807) is 6.92 Å². The Morgan fingerprint density at radius 1 is 0.833 bits per heavy atom. The number of rotatable bonds is 11. The summed E-state index contributed by atoms with van der Waals surface area (Å²) in [6.45, 7) is 6.65. The zero-order chi connectivity index (χ0) is 14.0. The molecular weight excluding hydrogens is 236 g/mol. The third-order valence-corrected chi connectivity index (χ3v) is 2.86. The van der Waals surface area contributed by atoms with Crippen molar-refractivity contribution in [3.05, 3.63) is 0 Å². The molecule has 0 spiro atoms. The Morgan fingerprint density at radius 3 is 1.72 bits per heavy atom. The van der Waals surface area contributed by atoms with Gasteiger partial charge in [0.2, 0.25) is 0 Å². The molecule has 0 aromatic carbocycles. The smallest absolute Gasteiger partial charge is 0.0639 e. The van der Waals surface area contributed by atoms with Gasteiger partial charge in [0.1, 0.15) is 0 Å². The lowest BCUT2D eigenvalue weighted by Gasteiger charge is -2.33. The van der Waals surface area contributed by atoms with Gasteiger partial charge in [-0.15, -0.1) is 0 Å². The molecule has 0 rings (SSSR count). The van der Waals surface area contributed by atoms with Crippen LogP contribution in [-0.2, 0) is 0 Å². The summed E-state index contributed by atoms with van der Waals surface area (Å²) in [6, 6.07) is 0.143. The molecular formula is C12H28N2O4. The van der Waals surface area contributed by atoms with Gasteiger partial charge >= 0.3 is 0 Å². The molecule has 0 saturated heterocycles. The average molecular weight is 264 g/mol. The molecule has 0 saturated carbocycles. The normalized spacial score (nSPS) is 15.3. The average Bonchev–Trinajstić information content (AvgIpc) is 2.28. The molecule has 0 fully saturated rings. The first kappa shape index (κ1) is 17.8. The third kappa shape index (κ3) is 7.97. The van der Waals surface area contributed by atoms with Gasteiger partial charge in [-0.2, -0.15) is 0 Å². The Hall–Kier alpha value is -0.240. The fourth-order valence-electron chi connectivity index (χ4n) is 2.03. The summed E-state index contributed by atoms with van der Waals surface area (Å²) in [4.78, 5) is 3.98. The van der Waals surface area contributed by atoms with Crippen LogP contribution in [0.2, 0.25) is 0 Å². The van der Waals surface area contributed by atoms with Crippen LogP contribution < -0.4 is 0 Å². The Labute approximate surface area is 109 Å². The molecule has 6 nitrogen and oxygen atoms in total. The number of aliphatic hydroxyl groups excluding tert-OH is 4. The number of hydrogen-bond acceptors (Lipinski definition) is 6. The van der Waals surface area contributed by atoms with Crippen LogP contribution in [0.4, 0.5) is 0 Å². The summed E-state index contributed by atoms with van der Waals surface area (Å²) >= 11 is 0. The molecule has 2 unspecified atom stereocenters. The van der Waals surface area contributed by atoms with Gasteiger partial charge in [-0.1, -0.05) is 0 Å². The van der Waals surface area contributed by atoms with Crippen LogP contribution in [0, 0.1) is 0 Å². The van der Waals surface area contributed by atoms with Crippen molar-refractivity contribution in [3.63, 3.8) is 0 Å². The SMILES string of the molecule is CC(O)CN(CCO)C(C)CN(CCO)CCO. The van der Waals surface area contributed by atoms with E-state index < -0.39 is 6.10 Å². The lowest BCUT2D eigenvalue weighted by Crippen LogP contribution is -2.47. The molecule has 6 heteroatoms. The van der Waals surface area contributed by atoms with E-state index in [2.05, 4.69) is 0 Å². The summed E-state index contributed by atoms with van der Waals surface area (Å²) in [5.74, 6) is 0. The van der Waals surface area contributed by atoms with Crippen molar-refractivity contribution < 1.29 is 20.4 Å². The maximum atomic E-state index is 9.42. The van der Waals surface area contributed by atoms with Crippen LogP contribution in [0.5, 0.6) is 0 Å². The molecule has 0 bridgehead atoms. The van der Waals surface area contributed by atoms with Crippen molar-refractivity contribution in [1.82, 2.24) is 9.80 Å². The zero-order valence-electron chi connectivity index (χ0n) is 11.5. The first-order valence-electron chi connectivity index (χ1n) is 6.52. The van der Waals surface area contributed by atoms with E-state index in [9.17, 15) is 5.11 Å². The highest BCUT2D eigenvalue weighted by Gasteiger charge is 2.18. The van der Waals surface area contributed by atoms with Crippen LogP contribution in [0.25, 0.3) is 0 Å². The summed E-state index contributed by atoms with van der Waals surface area (Å²) in [5, 5.41) is 36.3. The Balaban J connectivity index is 4.30. The maximum absolute atomic E-state index is 9.42. The number of hydrogen-bond donors (Lipinski definition) is 4. The van der Waals surface area contributed by atoms with E-state index in [0.29, 0.717) is 32.7 Å². The lowest BCUT2D eigenvalue weighted by atomic mass is 10.2. The quantitative estimate of drug-likeness (QED) is 0.357. The van der Waals surface area contributed by atoms with Crippen molar-refractivity contribution in [2.24, 2.45) is 0 Å². The highest BCUT2D eigenvalue weighted by Crippen LogP contribution is 2.03. The van der Waals surface area contributed by atoms with Gasteiger partial charge in [0, 0.05) is 38.8 Å². The molecule has 0 heterocycles. The monoisotopic (exact) mass is 264 g/mol. The van der Waals surface area contributed by atoms with Gasteiger partial charge in [-0.05, 0) is 13.8 Å². The molecule has 0 aromatic heterocycles. The summed E-state index contributed by atoms with van der Waals surface area (Å²) in [7, 11) is 0. The molecule has 0 aliphatic rings. The van der Waals surface area contributed by atoms with Crippen LogP contribution >= 0.6 is 0 Å². The fraction of sp³-hybridized carbons (Fsp3) is 1.00. The van der Waals surface area contributed by atoms with Crippen LogP contribution in [0.15, 0.2) is 0 Å². The van der Waals surface area contributed by atoms with E-state index in [1.165, 1.54) is 0 Å². The predicted molar refractivity (Wildman–Crippen MR) is 70.4 cm³/mol. The Kier molecular flexibility index (Phi) is 10.5. The minimum absolute atomic E-state index is 0.0526. The molecule has 18 heavy (non-hydrogen) atoms. The highest BCUT2D eigenvalue weighted by molar-refractivity contribution is 4.73. The third-order valence-electron chi connectivity index (χ3n) is 2.86. The van der Waals surface area contributed by atoms with E-state index >= 15 is 0 Å². The van der Waals surface area contributed by atoms with E-state index in [4.69, 9.17) is 15.3 Å². The second kappa shape index (κ2) is 10.7. The second-order valence-corrected chi connectivity index (χ2v) is 4.66. The molecule has 110 valence electrons. The standard InChI is InChI=1S/C12H28N2O4/c1-11(9-13(3-6-15)4-7-16)14(5-8-17)10-12(2)18/h11-12,15-18H,3-10H2,1-2H3. The van der Waals surface area contributed by atoms with Crippen molar-refractivity contribution in [2.75, 3.05) is 52.5 Å². The molecule has 0 aliphatic heterocycles. The number of aliphatic hydroxyl groups is 4. The van der Waals surface area contributed by atoms with Gasteiger partial charge < -0.3 is 20.4 Å². The fourth-order valence-corrected chi connectivity index (χ4v) is 2.03. The zero-order valence-corrected chi connectivity index (χ0v) is 11.5. The first-order valence-corrected chi connectivity index (χ1v) is 6.52. The topological polar surface area (TPSA) is 87.4 Å². The maximum Gasteiger partial charge on any atom is 0.0639 e. The molecule has 0 radical (unpaired) electrons. The van der Waals surface area contributed by atoms with Crippen LogP contribution in [0.3, 0.4) is 0 Å². The Morgan fingerprint density at radius 2 is 1.33 bits per heavy atom. The molecule has 0 aliphatic carbocycles. The van der Waals surface area contributed by atoms with E-state index in [0.717, 1.165) is 0 Å². The van der Waals surface area contributed by atoms with Gasteiger partial charge in [0.25, 0.3) is 0 Å². The molecule has 2 atom stereocenters. The Bertz CT molecular complexity index is 187. The highest BCUT2D eigenvalue weighted by atomic mass is 16.3. The second-order valence-electron chi connectivity index (χ2n) is 4.66. The van der Waals surface area contributed by atoms with Gasteiger partial charge in [0.15, 0.2) is 0 Å². The largest absolute Gasteiger partial charge is 0.395 e. The minimum atomic E-state index is -0.442. The predicted octanol–water partition coefficient (Wildman–Crippen LogP) is -1.66. The first-order chi connectivity index (χ1) is 8.54. The van der Waals surface area contributed by atoms with Crippen molar-refractivity contribution >= 4 is 0 Å². The summed E-state index contributed by atoms with van der Waals surface area (Å²) < 4.78 is 0. The van der Waals surface area contributed by atoms with Crippen molar-refractivity contribution in [1.29, 1.82) is 0 Å². The molecule has 0 aromatic rings. The van der Waals surface area contributed by atoms with E-state index in [1.807, 2.05) is 16.7 Å². The van der Waals surface area contributed by atoms with Gasteiger partial charge in [0.05, 0.1) is 25.9 Å². The minimum Gasteiger partial charge on any atom is -0.395 e. The lowest BCUT2D eigenvalue weighted by molar-refractivity contribution is 0.0637. The molecule has 0 amide bonds. The summed E-state index contributed by atoms with van der Waals surface area (Å²) in [6.07, 6.45) is -0.442. The molecule has 4 N–H and O–H groups in total. The van der Waals surface area contributed by atoms with Crippen molar-refractivity contribution in [2.45, 2.75) is 26.0 Å². The van der Waals surface area contributed by atoms with Crippen molar-refractivity contribution in [3.8, 4) is 0 Å². The van der Waals surface area contributed by atoms with Crippen LogP contribution in [0.1, 0.15) is 13.8 Å². The van der Waals surface area contributed by atoms with E-state index in [-0.39, 0.29) is 25.9 Å². The van der Waals surface area contributed by atoms with Crippen LogP contribution in [-0.4, -0.2) is 94.9 Å². The summed E-state index contributed by atoms with van der Waals surface area (Å²) in [5.41, 5.74) is 0.